The van der Waals surface area contributed by atoms with E-state index in [0.29, 0.717) is 24.5 Å². The quantitative estimate of drug-likeness (QED) is 0.595. The maximum Gasteiger partial charge on any atom is 0.416 e. The molecule has 184 valence electrons. The van der Waals surface area contributed by atoms with Crippen molar-refractivity contribution < 1.29 is 27.1 Å². The smallest absolute Gasteiger partial charge is 0.364 e. The Morgan fingerprint density at radius 1 is 1.12 bits per heavy atom. The zero-order valence-electron chi connectivity index (χ0n) is 19.2. The standard InChI is InChI=1S/C26H30F4N2O2/c1-25(24(33)31-16-18-3-2-4-21(15-18)26(28,29)30)12-9-23(17-34-25)32-13-10-20(11-14-32)19-5-7-22(27)8-6-19/h2-8,15,20,23H,9-14,16-17H2,1H3,(H,31,33)/t23-,25-/m1/s1. The molecule has 0 saturated carbocycles. The third kappa shape index (κ3) is 5.78. The Morgan fingerprint density at radius 3 is 2.44 bits per heavy atom. The van der Waals surface area contributed by atoms with Gasteiger partial charge in [-0.2, -0.15) is 13.2 Å². The molecular weight excluding hydrogens is 448 g/mol. The molecule has 34 heavy (non-hydrogen) atoms. The van der Waals surface area contributed by atoms with Gasteiger partial charge in [0.25, 0.3) is 5.91 Å². The number of benzene rings is 2. The number of amides is 1. The minimum absolute atomic E-state index is 0.0159. The van der Waals surface area contributed by atoms with Gasteiger partial charge in [-0.05, 0) is 87.0 Å². The first kappa shape index (κ1) is 24.7. The lowest BCUT2D eigenvalue weighted by Gasteiger charge is -2.43. The van der Waals surface area contributed by atoms with E-state index in [1.807, 2.05) is 12.1 Å². The molecule has 8 heteroatoms. The second-order valence-corrected chi connectivity index (χ2v) is 9.48. The van der Waals surface area contributed by atoms with Crippen LogP contribution in [0.25, 0.3) is 0 Å². The number of piperidine rings is 1. The topological polar surface area (TPSA) is 41.6 Å². The van der Waals surface area contributed by atoms with Gasteiger partial charge in [-0.25, -0.2) is 4.39 Å². The molecule has 2 saturated heterocycles. The fraction of sp³-hybridized carbons (Fsp3) is 0.500. The van der Waals surface area contributed by atoms with Crippen LogP contribution in [-0.4, -0.2) is 42.1 Å². The normalized spacial score (nSPS) is 24.7. The van der Waals surface area contributed by atoms with E-state index in [0.717, 1.165) is 44.5 Å². The Hall–Kier alpha value is -2.45. The predicted molar refractivity (Wildman–Crippen MR) is 121 cm³/mol. The largest absolute Gasteiger partial charge is 0.416 e. The van der Waals surface area contributed by atoms with Crippen molar-refractivity contribution in [3.8, 4) is 0 Å². The third-order valence-corrected chi connectivity index (χ3v) is 7.12. The number of nitrogens with one attached hydrogen (secondary N) is 1. The maximum absolute atomic E-state index is 13.2. The number of alkyl halides is 3. The van der Waals surface area contributed by atoms with Crippen LogP contribution in [-0.2, 0) is 22.3 Å². The Morgan fingerprint density at radius 2 is 1.82 bits per heavy atom. The second-order valence-electron chi connectivity index (χ2n) is 9.48. The summed E-state index contributed by atoms with van der Waals surface area (Å²) in [6, 6.07) is 11.9. The SMILES string of the molecule is C[C@]1(C(=O)NCc2cccc(C(F)(F)F)c2)CC[C@@H](N2CCC(c3ccc(F)cc3)CC2)CO1. The summed E-state index contributed by atoms with van der Waals surface area (Å²) in [7, 11) is 0. The van der Waals surface area contributed by atoms with Crippen molar-refractivity contribution in [1.29, 1.82) is 0 Å². The van der Waals surface area contributed by atoms with Crippen LogP contribution < -0.4 is 5.32 Å². The van der Waals surface area contributed by atoms with Crippen LogP contribution in [0, 0.1) is 5.82 Å². The molecule has 0 aliphatic carbocycles. The van der Waals surface area contributed by atoms with Crippen LogP contribution in [0.2, 0.25) is 0 Å². The zero-order valence-corrected chi connectivity index (χ0v) is 19.2. The molecule has 2 atom stereocenters. The van der Waals surface area contributed by atoms with E-state index in [9.17, 15) is 22.4 Å². The van der Waals surface area contributed by atoms with Crippen molar-refractivity contribution in [2.24, 2.45) is 0 Å². The molecule has 2 heterocycles. The van der Waals surface area contributed by atoms with Crippen LogP contribution in [0.15, 0.2) is 48.5 Å². The van der Waals surface area contributed by atoms with Crippen molar-refractivity contribution in [2.75, 3.05) is 19.7 Å². The molecule has 0 bridgehead atoms. The van der Waals surface area contributed by atoms with Gasteiger partial charge < -0.3 is 10.1 Å². The monoisotopic (exact) mass is 478 g/mol. The Labute approximate surface area is 197 Å². The highest BCUT2D eigenvalue weighted by molar-refractivity contribution is 5.84. The van der Waals surface area contributed by atoms with Gasteiger partial charge in [0, 0.05) is 12.6 Å². The van der Waals surface area contributed by atoms with Crippen molar-refractivity contribution in [2.45, 2.75) is 62.9 Å². The average Bonchev–Trinajstić information content (AvgIpc) is 2.83. The first-order chi connectivity index (χ1) is 16.1. The van der Waals surface area contributed by atoms with Gasteiger partial charge in [-0.15, -0.1) is 0 Å². The number of halogens is 4. The Kier molecular flexibility index (Phi) is 7.28. The molecule has 2 aliphatic heterocycles. The van der Waals surface area contributed by atoms with Gasteiger partial charge in [0.15, 0.2) is 0 Å². The summed E-state index contributed by atoms with van der Waals surface area (Å²) in [5.41, 5.74) is -0.161. The number of carbonyl (C=O) groups excluding carboxylic acids is 1. The molecule has 1 N–H and O–H groups in total. The molecule has 1 amide bonds. The predicted octanol–water partition coefficient (Wildman–Crippen LogP) is 5.28. The molecule has 2 fully saturated rings. The van der Waals surface area contributed by atoms with Crippen LogP contribution >= 0.6 is 0 Å². The summed E-state index contributed by atoms with van der Waals surface area (Å²) >= 11 is 0. The van der Waals surface area contributed by atoms with E-state index in [-0.39, 0.29) is 24.3 Å². The number of ether oxygens (including phenoxy) is 1. The Balaban J connectivity index is 1.25. The van der Waals surface area contributed by atoms with Gasteiger partial charge in [0.1, 0.15) is 11.4 Å². The molecule has 0 spiro atoms. The van der Waals surface area contributed by atoms with Crippen LogP contribution in [0.4, 0.5) is 17.6 Å². The second kappa shape index (κ2) is 10.0. The van der Waals surface area contributed by atoms with Crippen molar-refractivity contribution in [1.82, 2.24) is 10.2 Å². The van der Waals surface area contributed by atoms with Gasteiger partial charge in [-0.1, -0.05) is 24.3 Å². The molecule has 4 rings (SSSR count). The van der Waals surface area contributed by atoms with E-state index in [2.05, 4.69) is 10.2 Å². The molecule has 2 aliphatic rings. The van der Waals surface area contributed by atoms with Gasteiger partial charge in [0.05, 0.1) is 12.2 Å². The van der Waals surface area contributed by atoms with Gasteiger partial charge in [0.2, 0.25) is 0 Å². The highest BCUT2D eigenvalue weighted by Gasteiger charge is 2.40. The number of hydrogen-bond donors (Lipinski definition) is 1. The van der Waals surface area contributed by atoms with Gasteiger partial charge >= 0.3 is 6.18 Å². The number of rotatable bonds is 5. The summed E-state index contributed by atoms with van der Waals surface area (Å²) in [6.45, 7) is 4.05. The highest BCUT2D eigenvalue weighted by Crippen LogP contribution is 2.33. The number of nitrogens with zero attached hydrogens (tertiary/aromatic N) is 1. The van der Waals surface area contributed by atoms with Crippen molar-refractivity contribution in [3.63, 3.8) is 0 Å². The highest BCUT2D eigenvalue weighted by atomic mass is 19.4. The summed E-state index contributed by atoms with van der Waals surface area (Å²) in [5, 5.41) is 2.74. The van der Waals surface area contributed by atoms with E-state index in [1.54, 1.807) is 13.0 Å². The summed E-state index contributed by atoms with van der Waals surface area (Å²) < 4.78 is 57.9. The lowest BCUT2D eigenvalue weighted by atomic mass is 9.87. The van der Waals surface area contributed by atoms with Gasteiger partial charge in [-0.3, -0.25) is 9.69 Å². The molecule has 0 unspecified atom stereocenters. The van der Waals surface area contributed by atoms with Crippen LogP contribution in [0.3, 0.4) is 0 Å². The first-order valence-electron chi connectivity index (χ1n) is 11.7. The van der Waals surface area contributed by atoms with Crippen LogP contribution in [0.5, 0.6) is 0 Å². The summed E-state index contributed by atoms with van der Waals surface area (Å²) in [5.74, 6) is -0.103. The molecule has 0 aromatic heterocycles. The van der Waals surface area contributed by atoms with Crippen molar-refractivity contribution >= 4 is 5.91 Å². The fourth-order valence-corrected chi connectivity index (χ4v) is 4.90. The minimum Gasteiger partial charge on any atom is -0.364 e. The molecular formula is C26H30F4N2O2. The van der Waals surface area contributed by atoms with E-state index in [1.165, 1.54) is 23.8 Å². The molecule has 2 aromatic rings. The van der Waals surface area contributed by atoms with Crippen LogP contribution in [0.1, 0.15) is 55.2 Å². The number of likely N-dealkylation sites (tertiary alicyclic amines) is 1. The molecule has 2 aromatic carbocycles. The molecule has 0 radical (unpaired) electrons. The number of hydrogen-bond acceptors (Lipinski definition) is 3. The lowest BCUT2D eigenvalue weighted by Crippen LogP contribution is -2.54. The fourth-order valence-electron chi connectivity index (χ4n) is 4.90. The first-order valence-corrected chi connectivity index (χ1v) is 11.7. The Bertz CT molecular complexity index is 977. The van der Waals surface area contributed by atoms with E-state index < -0.39 is 17.3 Å². The van der Waals surface area contributed by atoms with Crippen molar-refractivity contribution in [3.05, 3.63) is 71.0 Å². The summed E-state index contributed by atoms with van der Waals surface area (Å²) in [4.78, 5) is 15.2. The van der Waals surface area contributed by atoms with E-state index in [4.69, 9.17) is 4.74 Å². The third-order valence-electron chi connectivity index (χ3n) is 7.12. The number of carbonyl (C=O) groups is 1. The maximum atomic E-state index is 13.2. The summed E-state index contributed by atoms with van der Waals surface area (Å²) in [6.07, 6.45) is -1.06. The lowest BCUT2D eigenvalue weighted by molar-refractivity contribution is -0.157. The average molecular weight is 479 g/mol. The minimum atomic E-state index is -4.42. The zero-order chi connectivity index (χ0) is 24.3. The molecule has 4 nitrogen and oxygen atoms in total. The van der Waals surface area contributed by atoms with E-state index >= 15 is 0 Å².